The smallest absolute Gasteiger partial charge is 0.342 e. The number of hydrogen-bond acceptors (Lipinski definition) is 8. The summed E-state index contributed by atoms with van der Waals surface area (Å²) in [6, 6.07) is 5.57. The molecule has 28 heavy (non-hydrogen) atoms. The summed E-state index contributed by atoms with van der Waals surface area (Å²) in [7, 11) is 3.20. The molecule has 8 nitrogen and oxygen atoms in total. The average molecular weight is 385 g/mol. The van der Waals surface area contributed by atoms with Gasteiger partial charge < -0.3 is 23.9 Å². The Balaban J connectivity index is 2.00. The minimum absolute atomic E-state index is 0.267. The summed E-state index contributed by atoms with van der Waals surface area (Å²) >= 11 is 0. The van der Waals surface area contributed by atoms with Crippen LogP contribution >= 0.6 is 0 Å². The molecule has 3 rings (SSSR count). The van der Waals surface area contributed by atoms with Crippen molar-refractivity contribution in [1.29, 1.82) is 0 Å². The van der Waals surface area contributed by atoms with E-state index in [0.29, 0.717) is 52.1 Å². The highest BCUT2D eigenvalue weighted by atomic mass is 16.5. The SMILES string of the molecule is CCOC(=O)c1c(C)oc2nc(C)nc(NCc3ccc(OC)cc3OC)c12. The van der Waals surface area contributed by atoms with Crippen LogP contribution in [0.15, 0.2) is 22.6 Å². The number of benzene rings is 1. The number of aromatic nitrogens is 2. The van der Waals surface area contributed by atoms with Gasteiger partial charge >= 0.3 is 5.97 Å². The third kappa shape index (κ3) is 3.71. The zero-order valence-electron chi connectivity index (χ0n) is 16.6. The molecule has 0 unspecified atom stereocenters. The highest BCUT2D eigenvalue weighted by molar-refractivity contribution is 6.07. The Morgan fingerprint density at radius 2 is 1.96 bits per heavy atom. The minimum atomic E-state index is -0.462. The maximum absolute atomic E-state index is 12.4. The number of fused-ring (bicyclic) bond motifs is 1. The molecule has 0 aliphatic rings. The summed E-state index contributed by atoms with van der Waals surface area (Å²) in [6.45, 7) is 5.92. The van der Waals surface area contributed by atoms with E-state index in [1.54, 1.807) is 35.0 Å². The quantitative estimate of drug-likeness (QED) is 0.616. The first-order chi connectivity index (χ1) is 13.5. The van der Waals surface area contributed by atoms with Crippen LogP contribution in [-0.2, 0) is 11.3 Å². The van der Waals surface area contributed by atoms with Gasteiger partial charge in [-0.25, -0.2) is 9.78 Å². The summed E-state index contributed by atoms with van der Waals surface area (Å²) in [5.41, 5.74) is 1.59. The number of methoxy groups -OCH3 is 2. The van der Waals surface area contributed by atoms with Gasteiger partial charge in [0.15, 0.2) is 0 Å². The number of anilines is 1. The van der Waals surface area contributed by atoms with E-state index in [9.17, 15) is 4.79 Å². The molecule has 0 bridgehead atoms. The molecule has 148 valence electrons. The fraction of sp³-hybridized carbons (Fsp3) is 0.350. The first-order valence-electron chi connectivity index (χ1n) is 8.88. The van der Waals surface area contributed by atoms with Gasteiger partial charge in [-0.1, -0.05) is 0 Å². The Hall–Kier alpha value is -3.29. The standard InChI is InChI=1S/C20H23N3O5/c1-6-27-20(24)16-11(2)28-19-17(16)18(22-12(3)23-19)21-10-13-7-8-14(25-4)9-15(13)26-5/h7-9H,6,10H2,1-5H3,(H,21,22,23). The Labute approximate surface area is 162 Å². The fourth-order valence-corrected chi connectivity index (χ4v) is 2.97. The Morgan fingerprint density at radius 3 is 2.64 bits per heavy atom. The van der Waals surface area contributed by atoms with E-state index in [1.807, 2.05) is 18.2 Å². The average Bonchev–Trinajstić information content (AvgIpc) is 3.01. The largest absolute Gasteiger partial charge is 0.497 e. The van der Waals surface area contributed by atoms with Crippen molar-refractivity contribution in [3.8, 4) is 11.5 Å². The number of furan rings is 1. The van der Waals surface area contributed by atoms with Gasteiger partial charge in [-0.15, -0.1) is 0 Å². The summed E-state index contributed by atoms with van der Waals surface area (Å²) in [4.78, 5) is 21.2. The number of carbonyl (C=O) groups is 1. The zero-order chi connectivity index (χ0) is 20.3. The lowest BCUT2D eigenvalue weighted by Crippen LogP contribution is -2.09. The van der Waals surface area contributed by atoms with Crippen LogP contribution in [0.25, 0.3) is 11.1 Å². The molecule has 3 aromatic rings. The van der Waals surface area contributed by atoms with Crippen molar-refractivity contribution in [3.05, 3.63) is 40.9 Å². The van der Waals surface area contributed by atoms with Gasteiger partial charge in [0, 0.05) is 18.2 Å². The van der Waals surface area contributed by atoms with E-state index in [2.05, 4.69) is 15.3 Å². The number of carbonyl (C=O) groups excluding carboxylic acids is 1. The molecule has 0 fully saturated rings. The number of ether oxygens (including phenoxy) is 3. The lowest BCUT2D eigenvalue weighted by Gasteiger charge is -2.12. The zero-order valence-corrected chi connectivity index (χ0v) is 16.6. The minimum Gasteiger partial charge on any atom is -0.497 e. The summed E-state index contributed by atoms with van der Waals surface area (Å²) < 4.78 is 21.5. The molecule has 0 saturated heterocycles. The van der Waals surface area contributed by atoms with E-state index >= 15 is 0 Å². The van der Waals surface area contributed by atoms with E-state index in [0.717, 1.165) is 5.56 Å². The van der Waals surface area contributed by atoms with Crippen molar-refractivity contribution in [2.75, 3.05) is 26.1 Å². The van der Waals surface area contributed by atoms with Crippen LogP contribution in [-0.4, -0.2) is 36.8 Å². The Morgan fingerprint density at radius 1 is 1.18 bits per heavy atom. The van der Waals surface area contributed by atoms with Crippen molar-refractivity contribution < 1.29 is 23.4 Å². The van der Waals surface area contributed by atoms with Gasteiger partial charge in [0.2, 0.25) is 5.71 Å². The molecule has 1 aromatic carbocycles. The molecule has 8 heteroatoms. The number of nitrogens with one attached hydrogen (secondary N) is 1. The maximum atomic E-state index is 12.4. The number of rotatable bonds is 7. The molecule has 2 aromatic heterocycles. The lowest BCUT2D eigenvalue weighted by molar-refractivity contribution is 0.0526. The topological polar surface area (TPSA) is 95.7 Å². The van der Waals surface area contributed by atoms with Crippen LogP contribution in [0.4, 0.5) is 5.82 Å². The molecule has 1 N–H and O–H groups in total. The Kier molecular flexibility index (Phi) is 5.67. The van der Waals surface area contributed by atoms with E-state index < -0.39 is 5.97 Å². The number of aryl methyl sites for hydroxylation is 2. The predicted molar refractivity (Wildman–Crippen MR) is 104 cm³/mol. The number of nitrogens with zero attached hydrogens (tertiary/aromatic N) is 2. The number of esters is 1. The summed E-state index contributed by atoms with van der Waals surface area (Å²) in [6.07, 6.45) is 0. The fourth-order valence-electron chi connectivity index (χ4n) is 2.97. The molecule has 0 saturated carbocycles. The lowest BCUT2D eigenvalue weighted by atomic mass is 10.1. The third-order valence-corrected chi connectivity index (χ3v) is 4.26. The second-order valence-corrected chi connectivity index (χ2v) is 6.08. The predicted octanol–water partition coefficient (Wildman–Crippen LogP) is 3.65. The molecule has 0 radical (unpaired) electrons. The van der Waals surface area contributed by atoms with Crippen molar-refractivity contribution >= 4 is 22.9 Å². The molecular formula is C20H23N3O5. The van der Waals surface area contributed by atoms with Crippen LogP contribution < -0.4 is 14.8 Å². The molecule has 0 atom stereocenters. The second kappa shape index (κ2) is 8.16. The molecule has 0 aliphatic heterocycles. The van der Waals surface area contributed by atoms with Crippen LogP contribution in [0.1, 0.15) is 34.4 Å². The van der Waals surface area contributed by atoms with Gasteiger partial charge in [-0.3, -0.25) is 0 Å². The van der Waals surface area contributed by atoms with Crippen molar-refractivity contribution in [2.24, 2.45) is 0 Å². The highest BCUT2D eigenvalue weighted by Gasteiger charge is 2.24. The van der Waals surface area contributed by atoms with Gasteiger partial charge in [-0.2, -0.15) is 4.98 Å². The molecular weight excluding hydrogens is 362 g/mol. The summed E-state index contributed by atoms with van der Waals surface area (Å²) in [5.74, 6) is 2.40. The van der Waals surface area contributed by atoms with E-state index in [-0.39, 0.29) is 6.61 Å². The molecule has 0 amide bonds. The van der Waals surface area contributed by atoms with Crippen LogP contribution in [0.5, 0.6) is 11.5 Å². The van der Waals surface area contributed by atoms with E-state index in [1.165, 1.54) is 0 Å². The second-order valence-electron chi connectivity index (χ2n) is 6.08. The van der Waals surface area contributed by atoms with Gasteiger partial charge in [-0.05, 0) is 32.9 Å². The first-order valence-corrected chi connectivity index (χ1v) is 8.88. The molecule has 0 spiro atoms. The third-order valence-electron chi connectivity index (χ3n) is 4.26. The van der Waals surface area contributed by atoms with Crippen molar-refractivity contribution in [1.82, 2.24) is 9.97 Å². The van der Waals surface area contributed by atoms with Crippen LogP contribution in [0.3, 0.4) is 0 Å². The number of hydrogen-bond donors (Lipinski definition) is 1. The van der Waals surface area contributed by atoms with Crippen molar-refractivity contribution in [3.63, 3.8) is 0 Å². The monoisotopic (exact) mass is 385 g/mol. The normalized spacial score (nSPS) is 10.8. The highest BCUT2D eigenvalue weighted by Crippen LogP contribution is 2.31. The summed E-state index contributed by atoms with van der Waals surface area (Å²) in [5, 5.41) is 3.78. The molecule has 0 aliphatic carbocycles. The van der Waals surface area contributed by atoms with Crippen molar-refractivity contribution in [2.45, 2.75) is 27.3 Å². The Bertz CT molecular complexity index is 1010. The van der Waals surface area contributed by atoms with Gasteiger partial charge in [0.1, 0.15) is 34.5 Å². The van der Waals surface area contributed by atoms with Gasteiger partial charge in [0.05, 0.1) is 26.2 Å². The first kappa shape index (κ1) is 19.5. The molecule has 2 heterocycles. The van der Waals surface area contributed by atoms with E-state index in [4.69, 9.17) is 18.6 Å². The maximum Gasteiger partial charge on any atom is 0.342 e. The van der Waals surface area contributed by atoms with Gasteiger partial charge in [0.25, 0.3) is 0 Å². The van der Waals surface area contributed by atoms with Crippen LogP contribution in [0, 0.1) is 13.8 Å². The van der Waals surface area contributed by atoms with Crippen LogP contribution in [0.2, 0.25) is 0 Å².